The number of anilines is 1. The van der Waals surface area contributed by atoms with Gasteiger partial charge in [-0.2, -0.15) is 5.26 Å². The molecule has 1 unspecified atom stereocenters. The van der Waals surface area contributed by atoms with Gasteiger partial charge in [0.2, 0.25) is 0 Å². The number of nitrogens with zero attached hydrogens (tertiary/aromatic N) is 3. The molecule has 1 aromatic rings. The number of carbonyl (C=O) groups excluding carboxylic acids is 1. The maximum absolute atomic E-state index is 12.2. The zero-order valence-corrected chi connectivity index (χ0v) is 13.5. The third-order valence-corrected chi connectivity index (χ3v) is 3.44. The standard InChI is InChI=1S/C16H22N4O2/c1-11-7-13(10-20(11)15(21)22-16(2,3)4)19-14-8-12(9-17)5-6-18-14/h5-6,8,11,13H,7,10H2,1-4H3,(H,18,19)/t11-,13?/m1/s1. The summed E-state index contributed by atoms with van der Waals surface area (Å²) >= 11 is 0. The van der Waals surface area contributed by atoms with E-state index in [1.807, 2.05) is 27.7 Å². The van der Waals surface area contributed by atoms with E-state index in [4.69, 9.17) is 10.00 Å². The van der Waals surface area contributed by atoms with E-state index < -0.39 is 5.60 Å². The van der Waals surface area contributed by atoms with Gasteiger partial charge >= 0.3 is 6.09 Å². The fourth-order valence-corrected chi connectivity index (χ4v) is 2.50. The van der Waals surface area contributed by atoms with Gasteiger partial charge in [0.25, 0.3) is 0 Å². The second kappa shape index (κ2) is 6.22. The number of carbonyl (C=O) groups is 1. The fourth-order valence-electron chi connectivity index (χ4n) is 2.50. The molecule has 2 rings (SSSR count). The minimum atomic E-state index is -0.495. The molecule has 0 bridgehead atoms. The number of nitriles is 1. The normalized spacial score (nSPS) is 21.3. The van der Waals surface area contributed by atoms with Gasteiger partial charge in [0, 0.05) is 24.8 Å². The lowest BCUT2D eigenvalue weighted by atomic mass is 10.2. The van der Waals surface area contributed by atoms with Gasteiger partial charge in [-0.25, -0.2) is 9.78 Å². The van der Waals surface area contributed by atoms with Crippen molar-refractivity contribution in [2.45, 2.75) is 51.8 Å². The molecule has 6 heteroatoms. The Bertz CT molecular complexity index is 589. The summed E-state index contributed by atoms with van der Waals surface area (Å²) in [5.41, 5.74) is 0.0675. The Morgan fingerprint density at radius 3 is 2.91 bits per heavy atom. The van der Waals surface area contributed by atoms with Crippen LogP contribution in [0.25, 0.3) is 0 Å². The highest BCUT2D eigenvalue weighted by Gasteiger charge is 2.35. The van der Waals surface area contributed by atoms with Crippen molar-refractivity contribution in [3.05, 3.63) is 23.9 Å². The van der Waals surface area contributed by atoms with Crippen molar-refractivity contribution in [1.82, 2.24) is 9.88 Å². The molecule has 1 saturated heterocycles. The van der Waals surface area contributed by atoms with Crippen LogP contribution >= 0.6 is 0 Å². The number of aromatic nitrogens is 1. The van der Waals surface area contributed by atoms with Crippen LogP contribution in [0.15, 0.2) is 18.3 Å². The molecule has 1 aliphatic rings. The van der Waals surface area contributed by atoms with E-state index in [9.17, 15) is 4.79 Å². The van der Waals surface area contributed by atoms with E-state index in [0.717, 1.165) is 6.42 Å². The molecule has 0 spiro atoms. The lowest BCUT2D eigenvalue weighted by Crippen LogP contribution is -2.39. The first-order valence-corrected chi connectivity index (χ1v) is 7.41. The molecule has 1 N–H and O–H groups in total. The van der Waals surface area contributed by atoms with E-state index >= 15 is 0 Å². The SMILES string of the molecule is C[C@@H]1CC(Nc2cc(C#N)ccn2)CN1C(=O)OC(C)(C)C. The second-order valence-corrected chi connectivity index (χ2v) is 6.60. The minimum absolute atomic E-state index is 0.101. The van der Waals surface area contributed by atoms with Crippen LogP contribution < -0.4 is 5.32 Å². The molecule has 1 fully saturated rings. The van der Waals surface area contributed by atoms with Crippen molar-refractivity contribution >= 4 is 11.9 Å². The van der Waals surface area contributed by atoms with E-state index in [-0.39, 0.29) is 18.2 Å². The van der Waals surface area contributed by atoms with Crippen LogP contribution in [-0.2, 0) is 4.74 Å². The first kappa shape index (κ1) is 16.1. The molecule has 0 radical (unpaired) electrons. The number of nitrogens with one attached hydrogen (secondary N) is 1. The van der Waals surface area contributed by atoms with Gasteiger partial charge in [-0.3, -0.25) is 0 Å². The highest BCUT2D eigenvalue weighted by molar-refractivity contribution is 5.69. The largest absolute Gasteiger partial charge is 0.444 e. The van der Waals surface area contributed by atoms with E-state index in [2.05, 4.69) is 16.4 Å². The predicted molar refractivity (Wildman–Crippen MR) is 83.4 cm³/mol. The van der Waals surface area contributed by atoms with E-state index in [1.165, 1.54) is 0 Å². The number of pyridine rings is 1. The molecule has 0 saturated carbocycles. The number of hydrogen-bond donors (Lipinski definition) is 1. The van der Waals surface area contributed by atoms with Crippen LogP contribution in [-0.4, -0.2) is 40.2 Å². The summed E-state index contributed by atoms with van der Waals surface area (Å²) in [7, 11) is 0. The summed E-state index contributed by atoms with van der Waals surface area (Å²) in [5.74, 6) is 0.655. The Kier molecular flexibility index (Phi) is 4.55. The van der Waals surface area contributed by atoms with Crippen molar-refractivity contribution in [2.24, 2.45) is 0 Å². The number of rotatable bonds is 2. The Hall–Kier alpha value is -2.29. The summed E-state index contributed by atoms with van der Waals surface area (Å²) < 4.78 is 5.43. The zero-order valence-electron chi connectivity index (χ0n) is 13.5. The Morgan fingerprint density at radius 1 is 1.55 bits per heavy atom. The maximum Gasteiger partial charge on any atom is 0.410 e. The zero-order chi connectivity index (χ0) is 16.3. The molecule has 1 amide bonds. The fraction of sp³-hybridized carbons (Fsp3) is 0.562. The molecule has 1 aliphatic heterocycles. The number of amides is 1. The van der Waals surface area contributed by atoms with Gasteiger partial charge in [-0.05, 0) is 46.2 Å². The monoisotopic (exact) mass is 302 g/mol. The van der Waals surface area contributed by atoms with Crippen molar-refractivity contribution in [3.63, 3.8) is 0 Å². The van der Waals surface area contributed by atoms with Crippen LogP contribution in [0.3, 0.4) is 0 Å². The van der Waals surface area contributed by atoms with Gasteiger partial charge in [0.1, 0.15) is 11.4 Å². The third kappa shape index (κ3) is 4.10. The second-order valence-electron chi connectivity index (χ2n) is 6.60. The van der Waals surface area contributed by atoms with Gasteiger partial charge in [0.15, 0.2) is 0 Å². The lowest BCUT2D eigenvalue weighted by Gasteiger charge is -2.26. The molecular formula is C16H22N4O2. The van der Waals surface area contributed by atoms with Gasteiger partial charge in [0.05, 0.1) is 11.6 Å². The first-order chi connectivity index (χ1) is 10.3. The molecule has 1 aromatic heterocycles. The molecule has 2 heterocycles. The van der Waals surface area contributed by atoms with E-state index in [0.29, 0.717) is 17.9 Å². The third-order valence-electron chi connectivity index (χ3n) is 3.44. The number of likely N-dealkylation sites (tertiary alicyclic amines) is 1. The summed E-state index contributed by atoms with van der Waals surface area (Å²) in [6, 6.07) is 5.66. The highest BCUT2D eigenvalue weighted by atomic mass is 16.6. The van der Waals surface area contributed by atoms with E-state index in [1.54, 1.807) is 23.2 Å². The average molecular weight is 302 g/mol. The van der Waals surface area contributed by atoms with Crippen LogP contribution in [0.5, 0.6) is 0 Å². The highest BCUT2D eigenvalue weighted by Crippen LogP contribution is 2.23. The Morgan fingerprint density at radius 2 is 2.27 bits per heavy atom. The summed E-state index contributed by atoms with van der Waals surface area (Å²) in [6.45, 7) is 8.15. The smallest absolute Gasteiger partial charge is 0.410 e. The summed E-state index contributed by atoms with van der Waals surface area (Å²) in [6.07, 6.45) is 2.13. The first-order valence-electron chi connectivity index (χ1n) is 7.41. The summed E-state index contributed by atoms with van der Waals surface area (Å²) in [5, 5.41) is 12.2. The van der Waals surface area contributed by atoms with Gasteiger partial charge < -0.3 is 15.0 Å². The lowest BCUT2D eigenvalue weighted by molar-refractivity contribution is 0.0238. The topological polar surface area (TPSA) is 78.3 Å². The molecule has 2 atom stereocenters. The Balaban J connectivity index is 1.98. The van der Waals surface area contributed by atoms with Gasteiger partial charge in [-0.15, -0.1) is 0 Å². The minimum Gasteiger partial charge on any atom is -0.444 e. The van der Waals surface area contributed by atoms with Crippen LogP contribution in [0.1, 0.15) is 39.7 Å². The predicted octanol–water partition coefficient (Wildman–Crippen LogP) is 2.76. The van der Waals surface area contributed by atoms with Gasteiger partial charge in [-0.1, -0.05) is 0 Å². The van der Waals surface area contributed by atoms with Crippen LogP contribution in [0.4, 0.5) is 10.6 Å². The number of hydrogen-bond acceptors (Lipinski definition) is 5. The average Bonchev–Trinajstić information content (AvgIpc) is 2.78. The quantitative estimate of drug-likeness (QED) is 0.908. The van der Waals surface area contributed by atoms with Crippen molar-refractivity contribution in [3.8, 4) is 6.07 Å². The molecule has 0 aromatic carbocycles. The molecule has 22 heavy (non-hydrogen) atoms. The molecular weight excluding hydrogens is 280 g/mol. The van der Waals surface area contributed by atoms with Crippen molar-refractivity contribution in [2.75, 3.05) is 11.9 Å². The maximum atomic E-state index is 12.2. The molecule has 6 nitrogen and oxygen atoms in total. The van der Waals surface area contributed by atoms with Crippen LogP contribution in [0.2, 0.25) is 0 Å². The Labute approximate surface area is 131 Å². The molecule has 0 aliphatic carbocycles. The molecule has 118 valence electrons. The van der Waals surface area contributed by atoms with Crippen LogP contribution in [0, 0.1) is 11.3 Å². The van der Waals surface area contributed by atoms with Crippen molar-refractivity contribution < 1.29 is 9.53 Å². The van der Waals surface area contributed by atoms with Crippen molar-refractivity contribution in [1.29, 1.82) is 5.26 Å². The number of ether oxygens (including phenoxy) is 1. The summed E-state index contributed by atoms with van der Waals surface area (Å²) in [4.78, 5) is 18.1.